The third kappa shape index (κ3) is 2.42. The predicted octanol–water partition coefficient (Wildman–Crippen LogP) is 3.20. The van der Waals surface area contributed by atoms with E-state index in [0.717, 1.165) is 48.0 Å². The van der Waals surface area contributed by atoms with Gasteiger partial charge in [-0.05, 0) is 38.1 Å². The van der Waals surface area contributed by atoms with E-state index in [1.165, 1.54) is 0 Å². The standard InChI is InChI=1S/C14H16ClN3/c15-12-3-1-2-11(8-12)13-9-17-14(18-13)10-4-6-16-7-5-10/h1-3,8-10,16H,4-7H2,(H,17,18). The molecule has 94 valence electrons. The molecule has 1 aromatic heterocycles. The van der Waals surface area contributed by atoms with Gasteiger partial charge in [0, 0.05) is 22.7 Å². The van der Waals surface area contributed by atoms with Crippen LogP contribution < -0.4 is 5.32 Å². The van der Waals surface area contributed by atoms with Crippen LogP contribution >= 0.6 is 11.6 Å². The Morgan fingerprint density at radius 3 is 2.83 bits per heavy atom. The molecule has 0 aliphatic carbocycles. The number of piperidine rings is 1. The summed E-state index contributed by atoms with van der Waals surface area (Å²) in [5, 5.41) is 4.12. The molecule has 3 rings (SSSR count). The Morgan fingerprint density at radius 2 is 2.06 bits per heavy atom. The van der Waals surface area contributed by atoms with E-state index in [2.05, 4.69) is 10.3 Å². The van der Waals surface area contributed by atoms with E-state index < -0.39 is 0 Å². The van der Waals surface area contributed by atoms with Crippen LogP contribution in [0.4, 0.5) is 0 Å². The van der Waals surface area contributed by atoms with Crippen molar-refractivity contribution < 1.29 is 0 Å². The number of hydrogen-bond acceptors (Lipinski definition) is 2. The lowest BCUT2D eigenvalue weighted by Gasteiger charge is -2.20. The number of benzene rings is 1. The molecule has 1 aromatic carbocycles. The third-order valence-electron chi connectivity index (χ3n) is 3.44. The summed E-state index contributed by atoms with van der Waals surface area (Å²) in [7, 11) is 0. The topological polar surface area (TPSA) is 40.7 Å². The van der Waals surface area contributed by atoms with Gasteiger partial charge in [-0.15, -0.1) is 0 Å². The highest BCUT2D eigenvalue weighted by atomic mass is 35.5. The number of H-pyrrole nitrogens is 1. The van der Waals surface area contributed by atoms with Gasteiger partial charge < -0.3 is 10.3 Å². The number of nitrogens with zero attached hydrogens (tertiary/aromatic N) is 1. The fourth-order valence-electron chi connectivity index (χ4n) is 2.44. The first kappa shape index (κ1) is 11.8. The molecule has 18 heavy (non-hydrogen) atoms. The highest BCUT2D eigenvalue weighted by Gasteiger charge is 2.18. The normalized spacial score (nSPS) is 16.9. The Morgan fingerprint density at radius 1 is 1.22 bits per heavy atom. The van der Waals surface area contributed by atoms with Crippen LogP contribution in [0.15, 0.2) is 30.5 Å². The molecule has 1 aliphatic rings. The van der Waals surface area contributed by atoms with Crippen LogP contribution in [0.3, 0.4) is 0 Å². The van der Waals surface area contributed by atoms with Crippen LogP contribution in [-0.4, -0.2) is 23.1 Å². The van der Waals surface area contributed by atoms with Crippen LogP contribution in [0.5, 0.6) is 0 Å². The first-order chi connectivity index (χ1) is 8.83. The summed E-state index contributed by atoms with van der Waals surface area (Å²) in [6.45, 7) is 2.16. The number of nitrogens with one attached hydrogen (secondary N) is 2. The summed E-state index contributed by atoms with van der Waals surface area (Å²) in [4.78, 5) is 8.01. The van der Waals surface area contributed by atoms with Gasteiger partial charge in [-0.1, -0.05) is 23.7 Å². The van der Waals surface area contributed by atoms with Gasteiger partial charge in [0.2, 0.25) is 0 Å². The van der Waals surface area contributed by atoms with Gasteiger partial charge in [0.1, 0.15) is 5.82 Å². The Hall–Kier alpha value is -1.32. The lowest BCUT2D eigenvalue weighted by atomic mass is 9.98. The van der Waals surface area contributed by atoms with Gasteiger partial charge in [-0.3, -0.25) is 0 Å². The Labute approximate surface area is 112 Å². The maximum Gasteiger partial charge on any atom is 0.110 e. The van der Waals surface area contributed by atoms with Gasteiger partial charge >= 0.3 is 0 Å². The van der Waals surface area contributed by atoms with Crippen molar-refractivity contribution in [2.75, 3.05) is 13.1 Å². The van der Waals surface area contributed by atoms with Gasteiger partial charge in [-0.2, -0.15) is 0 Å². The highest BCUT2D eigenvalue weighted by Crippen LogP contribution is 2.26. The van der Waals surface area contributed by atoms with Gasteiger partial charge in [0.15, 0.2) is 0 Å². The van der Waals surface area contributed by atoms with E-state index in [-0.39, 0.29) is 0 Å². The molecule has 3 nitrogen and oxygen atoms in total. The smallest absolute Gasteiger partial charge is 0.110 e. The zero-order chi connectivity index (χ0) is 12.4. The Balaban J connectivity index is 1.84. The van der Waals surface area contributed by atoms with Crippen LogP contribution in [-0.2, 0) is 0 Å². The molecule has 0 spiro atoms. The summed E-state index contributed by atoms with van der Waals surface area (Å²) in [5.74, 6) is 1.66. The molecule has 1 saturated heterocycles. The number of hydrogen-bond donors (Lipinski definition) is 2. The molecule has 2 heterocycles. The molecule has 0 saturated carbocycles. The average Bonchev–Trinajstić information content (AvgIpc) is 2.89. The molecule has 4 heteroatoms. The van der Waals surface area contributed by atoms with Crippen molar-refractivity contribution in [3.8, 4) is 11.3 Å². The molecule has 2 N–H and O–H groups in total. The minimum atomic E-state index is 0.555. The van der Waals surface area contributed by atoms with Crippen molar-refractivity contribution >= 4 is 11.6 Å². The molecular weight excluding hydrogens is 246 g/mol. The van der Waals surface area contributed by atoms with Crippen molar-refractivity contribution in [3.05, 3.63) is 41.3 Å². The quantitative estimate of drug-likeness (QED) is 0.872. The second-order valence-corrected chi connectivity index (χ2v) is 5.14. The summed E-state index contributed by atoms with van der Waals surface area (Å²) < 4.78 is 0. The number of imidazole rings is 1. The maximum atomic E-state index is 6.00. The average molecular weight is 262 g/mol. The molecule has 2 aromatic rings. The largest absolute Gasteiger partial charge is 0.348 e. The van der Waals surface area contributed by atoms with E-state index in [9.17, 15) is 0 Å². The maximum absolute atomic E-state index is 6.00. The van der Waals surface area contributed by atoms with Crippen molar-refractivity contribution in [1.82, 2.24) is 15.3 Å². The van der Waals surface area contributed by atoms with E-state index >= 15 is 0 Å². The lowest BCUT2D eigenvalue weighted by Crippen LogP contribution is -2.27. The minimum Gasteiger partial charge on any atom is -0.348 e. The van der Waals surface area contributed by atoms with Crippen LogP contribution in [0.1, 0.15) is 24.6 Å². The fraction of sp³-hybridized carbons (Fsp3) is 0.357. The molecule has 0 atom stereocenters. The molecular formula is C14H16ClN3. The number of aromatic nitrogens is 2. The first-order valence-electron chi connectivity index (χ1n) is 6.35. The second-order valence-electron chi connectivity index (χ2n) is 4.71. The molecule has 1 fully saturated rings. The third-order valence-corrected chi connectivity index (χ3v) is 3.68. The Bertz CT molecular complexity index is 529. The zero-order valence-corrected chi connectivity index (χ0v) is 10.9. The number of halogens is 1. The highest BCUT2D eigenvalue weighted by molar-refractivity contribution is 6.30. The molecule has 0 amide bonds. The van der Waals surface area contributed by atoms with Crippen molar-refractivity contribution in [3.63, 3.8) is 0 Å². The van der Waals surface area contributed by atoms with Crippen LogP contribution in [0.2, 0.25) is 5.02 Å². The monoisotopic (exact) mass is 261 g/mol. The van der Waals surface area contributed by atoms with Crippen LogP contribution in [0, 0.1) is 0 Å². The number of rotatable bonds is 2. The van der Waals surface area contributed by atoms with E-state index in [4.69, 9.17) is 16.6 Å². The molecule has 0 radical (unpaired) electrons. The summed E-state index contributed by atoms with van der Waals surface area (Å²) in [6, 6.07) is 7.82. The second kappa shape index (κ2) is 5.12. The SMILES string of the molecule is Clc1cccc(-c2c[nH]c(C3CCNCC3)n2)c1. The van der Waals surface area contributed by atoms with Gasteiger partial charge in [0.05, 0.1) is 5.69 Å². The zero-order valence-electron chi connectivity index (χ0n) is 10.1. The van der Waals surface area contributed by atoms with Crippen molar-refractivity contribution in [1.29, 1.82) is 0 Å². The molecule has 1 aliphatic heterocycles. The minimum absolute atomic E-state index is 0.555. The summed E-state index contributed by atoms with van der Waals surface area (Å²) >= 11 is 6.00. The fourth-order valence-corrected chi connectivity index (χ4v) is 2.63. The van der Waals surface area contributed by atoms with Crippen LogP contribution in [0.25, 0.3) is 11.3 Å². The van der Waals surface area contributed by atoms with E-state index in [1.54, 1.807) is 0 Å². The van der Waals surface area contributed by atoms with Gasteiger partial charge in [0.25, 0.3) is 0 Å². The first-order valence-corrected chi connectivity index (χ1v) is 6.73. The van der Waals surface area contributed by atoms with Gasteiger partial charge in [-0.25, -0.2) is 4.98 Å². The van der Waals surface area contributed by atoms with Crippen molar-refractivity contribution in [2.45, 2.75) is 18.8 Å². The van der Waals surface area contributed by atoms with Crippen molar-refractivity contribution in [2.24, 2.45) is 0 Å². The predicted molar refractivity (Wildman–Crippen MR) is 73.9 cm³/mol. The molecule has 0 unspecified atom stereocenters. The van der Waals surface area contributed by atoms with E-state index in [0.29, 0.717) is 5.92 Å². The molecule has 0 bridgehead atoms. The summed E-state index contributed by atoms with van der Waals surface area (Å²) in [5.41, 5.74) is 2.05. The Kier molecular flexibility index (Phi) is 3.35. The lowest BCUT2D eigenvalue weighted by molar-refractivity contribution is 0.447. The summed E-state index contributed by atoms with van der Waals surface area (Å²) in [6.07, 6.45) is 4.29. The van der Waals surface area contributed by atoms with E-state index in [1.807, 2.05) is 30.5 Å². The number of aromatic amines is 1.